The Kier molecular flexibility index (Phi) is 5.69. The molecule has 0 aromatic heterocycles. The van der Waals surface area contributed by atoms with Crippen LogP contribution in [-0.4, -0.2) is 25.9 Å². The second-order valence-corrected chi connectivity index (χ2v) is 23.2. The van der Waals surface area contributed by atoms with Crippen LogP contribution in [0.2, 0.25) is 17.6 Å². The molecule has 0 aliphatic heterocycles. The highest BCUT2D eigenvalue weighted by atomic mass is 29.5. The fourth-order valence-corrected chi connectivity index (χ4v) is 24.8. The Morgan fingerprint density at radius 1 is 1.17 bits per heavy atom. The summed E-state index contributed by atoms with van der Waals surface area (Å²) >= 11 is 0. The van der Waals surface area contributed by atoms with Crippen molar-refractivity contribution in [1.29, 1.82) is 0 Å². The summed E-state index contributed by atoms with van der Waals surface area (Å²) in [6, 6.07) is 0. The van der Waals surface area contributed by atoms with Crippen LogP contribution in [0.25, 0.3) is 0 Å². The van der Waals surface area contributed by atoms with Gasteiger partial charge in [-0.15, -0.1) is 0 Å². The van der Waals surface area contributed by atoms with Crippen molar-refractivity contribution < 1.29 is 0 Å². The Morgan fingerprint density at radius 2 is 1.50 bits per heavy atom. The third kappa shape index (κ3) is 2.57. The Bertz CT molecular complexity index is 115. The molecule has 0 aliphatic carbocycles. The lowest BCUT2D eigenvalue weighted by atomic mass is 10.3. The first-order valence-corrected chi connectivity index (χ1v) is 16.2. The maximum atomic E-state index is 2.69. The topological polar surface area (TPSA) is 0 Å². The molecule has 12 heavy (non-hydrogen) atoms. The van der Waals surface area contributed by atoms with Crippen molar-refractivity contribution >= 4 is 25.9 Å². The molecule has 3 heteroatoms. The van der Waals surface area contributed by atoms with E-state index in [1.807, 2.05) is 0 Å². The molecule has 0 saturated carbocycles. The highest BCUT2D eigenvalue weighted by Gasteiger charge is 2.34. The summed E-state index contributed by atoms with van der Waals surface area (Å²) in [7, 11) is 1.22. The molecular weight excluding hydrogens is 192 g/mol. The standard InChI is InChI=1S/C9H26Si3/c1-6-8(3)12(5,11-10)9(4)7-2/h8-9H,6-7,11H2,1-5,10H3. The first-order chi connectivity index (χ1) is 5.52. The molecule has 2 atom stereocenters. The van der Waals surface area contributed by atoms with Crippen molar-refractivity contribution in [3.05, 3.63) is 0 Å². The summed E-state index contributed by atoms with van der Waals surface area (Å²) in [4.78, 5) is 0. The molecule has 0 fully saturated rings. The van der Waals surface area contributed by atoms with Gasteiger partial charge < -0.3 is 0 Å². The van der Waals surface area contributed by atoms with Crippen LogP contribution in [-0.2, 0) is 0 Å². The molecule has 0 bridgehead atoms. The van der Waals surface area contributed by atoms with E-state index in [0.717, 1.165) is 11.1 Å². The van der Waals surface area contributed by atoms with Crippen LogP contribution in [0, 0.1) is 0 Å². The van der Waals surface area contributed by atoms with E-state index in [9.17, 15) is 0 Å². The largest absolute Gasteiger partial charge is 0.0714 e. The van der Waals surface area contributed by atoms with Gasteiger partial charge in [-0.3, -0.25) is 0 Å². The van der Waals surface area contributed by atoms with Gasteiger partial charge in [-0.2, -0.15) is 0 Å². The lowest BCUT2D eigenvalue weighted by Gasteiger charge is -2.37. The summed E-state index contributed by atoms with van der Waals surface area (Å²) in [6.45, 7) is 12.5. The number of rotatable bonds is 5. The average Bonchev–Trinajstić information content (AvgIpc) is 2.13. The molecule has 0 aliphatic rings. The van der Waals surface area contributed by atoms with E-state index in [-0.39, 0.29) is 0 Å². The van der Waals surface area contributed by atoms with Gasteiger partial charge in [0.1, 0.15) is 0 Å². The van der Waals surface area contributed by atoms with Crippen LogP contribution >= 0.6 is 0 Å². The Labute approximate surface area is 84.4 Å². The SMILES string of the molecule is CCC(C)[Si](C)([SiH2][SiH3])C(C)CC. The molecule has 0 heterocycles. The Hall–Kier alpha value is 0.651. The molecule has 0 spiro atoms. The Morgan fingerprint density at radius 3 is 1.67 bits per heavy atom. The lowest BCUT2D eigenvalue weighted by Crippen LogP contribution is -2.46. The van der Waals surface area contributed by atoms with E-state index in [4.69, 9.17) is 0 Å². The predicted octanol–water partition coefficient (Wildman–Crippen LogP) is 1.61. The second kappa shape index (κ2) is 5.40. The summed E-state index contributed by atoms with van der Waals surface area (Å²) in [5.74, 6) is 0. The third-order valence-corrected chi connectivity index (χ3v) is 33.5. The van der Waals surface area contributed by atoms with E-state index in [1.165, 1.54) is 12.8 Å². The predicted molar refractivity (Wildman–Crippen MR) is 69.5 cm³/mol. The van der Waals surface area contributed by atoms with Crippen molar-refractivity contribution in [3.63, 3.8) is 0 Å². The van der Waals surface area contributed by atoms with Crippen LogP contribution < -0.4 is 0 Å². The normalized spacial score (nSPS) is 22.8. The maximum absolute atomic E-state index is 2.69. The van der Waals surface area contributed by atoms with E-state index in [1.54, 1.807) is 9.76 Å². The third-order valence-electron chi connectivity index (χ3n) is 4.24. The van der Waals surface area contributed by atoms with Gasteiger partial charge in [0.2, 0.25) is 0 Å². The van der Waals surface area contributed by atoms with Crippen LogP contribution in [0.3, 0.4) is 0 Å². The average molecular weight is 219 g/mol. The van der Waals surface area contributed by atoms with E-state index in [0.29, 0.717) is 8.55 Å². The van der Waals surface area contributed by atoms with E-state index >= 15 is 0 Å². The monoisotopic (exact) mass is 218 g/mol. The van der Waals surface area contributed by atoms with Gasteiger partial charge in [0, 0.05) is 16.1 Å². The zero-order valence-electron chi connectivity index (χ0n) is 9.78. The van der Waals surface area contributed by atoms with E-state index in [2.05, 4.69) is 34.2 Å². The zero-order chi connectivity index (χ0) is 9.78. The first-order valence-electron chi connectivity index (χ1n) is 5.52. The highest BCUT2D eigenvalue weighted by Crippen LogP contribution is 2.35. The van der Waals surface area contributed by atoms with Crippen LogP contribution in [0.5, 0.6) is 0 Å². The molecule has 0 nitrogen and oxygen atoms in total. The lowest BCUT2D eigenvalue weighted by molar-refractivity contribution is 0.775. The van der Waals surface area contributed by atoms with Gasteiger partial charge in [0.05, 0.1) is 0 Å². The second-order valence-electron chi connectivity index (χ2n) is 4.48. The minimum absolute atomic E-state index is 0.392. The fourth-order valence-electron chi connectivity index (χ4n) is 2.12. The molecule has 0 aromatic carbocycles. The summed E-state index contributed by atoms with van der Waals surface area (Å²) in [5.41, 5.74) is 2.19. The zero-order valence-corrected chi connectivity index (χ0v) is 14.2. The van der Waals surface area contributed by atoms with Crippen molar-refractivity contribution in [1.82, 2.24) is 0 Å². The summed E-state index contributed by atoms with van der Waals surface area (Å²) in [5, 5.41) is 0. The van der Waals surface area contributed by atoms with E-state index < -0.39 is 7.59 Å². The van der Waals surface area contributed by atoms with Gasteiger partial charge in [-0.05, 0) is 9.76 Å². The molecule has 0 aromatic rings. The smallest absolute Gasteiger partial charge is 0.0392 e. The number of hydrogen-bond acceptors (Lipinski definition) is 0. The fraction of sp³-hybridized carbons (Fsp3) is 1.00. The van der Waals surface area contributed by atoms with Gasteiger partial charge >= 0.3 is 0 Å². The first kappa shape index (κ1) is 12.7. The van der Waals surface area contributed by atoms with Crippen molar-refractivity contribution in [2.75, 3.05) is 0 Å². The van der Waals surface area contributed by atoms with Gasteiger partial charge in [-0.25, -0.2) is 0 Å². The minimum Gasteiger partial charge on any atom is -0.0714 e. The van der Waals surface area contributed by atoms with Crippen LogP contribution in [0.4, 0.5) is 0 Å². The van der Waals surface area contributed by atoms with Crippen LogP contribution in [0.15, 0.2) is 0 Å². The molecule has 0 N–H and O–H groups in total. The maximum Gasteiger partial charge on any atom is 0.0392 e. The van der Waals surface area contributed by atoms with Crippen molar-refractivity contribution in [2.24, 2.45) is 0 Å². The summed E-state index contributed by atoms with van der Waals surface area (Å²) < 4.78 is 0. The number of hydrogen-bond donors (Lipinski definition) is 0. The van der Waals surface area contributed by atoms with Gasteiger partial charge in [0.25, 0.3) is 0 Å². The van der Waals surface area contributed by atoms with Gasteiger partial charge in [0.15, 0.2) is 0 Å². The molecule has 74 valence electrons. The molecular formula is C9H26Si3. The molecule has 0 radical (unpaired) electrons. The highest BCUT2D eigenvalue weighted by molar-refractivity contribution is 7.40. The van der Waals surface area contributed by atoms with Crippen molar-refractivity contribution in [3.8, 4) is 0 Å². The molecule has 0 amide bonds. The van der Waals surface area contributed by atoms with Gasteiger partial charge in [-0.1, -0.05) is 58.2 Å². The molecule has 2 unspecified atom stereocenters. The summed E-state index contributed by atoms with van der Waals surface area (Å²) in [6.07, 6.45) is 2.87. The minimum atomic E-state index is -0.730. The Balaban J connectivity index is 4.42. The molecule has 0 saturated heterocycles. The quantitative estimate of drug-likeness (QED) is 0.615. The van der Waals surface area contributed by atoms with Crippen LogP contribution in [0.1, 0.15) is 40.5 Å². The van der Waals surface area contributed by atoms with Crippen molar-refractivity contribution in [2.45, 2.75) is 58.2 Å². The molecule has 0 rings (SSSR count).